The van der Waals surface area contributed by atoms with Crippen molar-refractivity contribution in [2.75, 3.05) is 30.0 Å². The average molecular weight is 462 g/mol. The Kier molecular flexibility index (Phi) is 6.87. The largest absolute Gasteiger partial charge is 0.485 e. The summed E-state index contributed by atoms with van der Waals surface area (Å²) in [6.07, 6.45) is 0.775. The molecule has 7 nitrogen and oxygen atoms in total. The Morgan fingerprint density at radius 1 is 1.09 bits per heavy atom. The van der Waals surface area contributed by atoms with E-state index in [2.05, 4.69) is 5.32 Å². The van der Waals surface area contributed by atoms with Gasteiger partial charge in [-0.15, -0.1) is 0 Å². The number of rotatable bonds is 8. The minimum Gasteiger partial charge on any atom is -0.485 e. The molecular formula is C26H23FN2O5. The number of ether oxygens (including phenoxy) is 2. The lowest BCUT2D eigenvalue weighted by Gasteiger charge is -2.29. The van der Waals surface area contributed by atoms with Gasteiger partial charge in [-0.1, -0.05) is 25.1 Å². The number of carbonyl (C=O) groups excluding carboxylic acids is 3. The quantitative estimate of drug-likeness (QED) is 0.512. The smallest absolute Gasteiger partial charge is 0.265 e. The number of Topliss-reactive ketones (excluding diaryl/α,β-unsaturated/α-hetero) is 1. The summed E-state index contributed by atoms with van der Waals surface area (Å²) in [5.74, 6) is -0.544. The van der Waals surface area contributed by atoms with E-state index in [1.54, 1.807) is 12.1 Å². The number of halogens is 1. The number of para-hydroxylation sites is 1. The van der Waals surface area contributed by atoms with Crippen LogP contribution in [0.3, 0.4) is 0 Å². The molecule has 0 saturated carbocycles. The summed E-state index contributed by atoms with van der Waals surface area (Å²) in [6.45, 7) is 1.33. The van der Waals surface area contributed by atoms with Gasteiger partial charge in [0.15, 0.2) is 19.0 Å². The van der Waals surface area contributed by atoms with Crippen molar-refractivity contribution in [3.63, 3.8) is 0 Å². The predicted octanol–water partition coefficient (Wildman–Crippen LogP) is 4.01. The van der Waals surface area contributed by atoms with Gasteiger partial charge in [0.2, 0.25) is 5.91 Å². The van der Waals surface area contributed by atoms with Gasteiger partial charge >= 0.3 is 0 Å². The topological polar surface area (TPSA) is 84.9 Å². The van der Waals surface area contributed by atoms with Gasteiger partial charge in [0.25, 0.3) is 5.91 Å². The SMILES string of the molecule is CCc1ccccc1OCC(=O)c1ccc2c(c1)N(CC(=O)Nc1ccc(F)cc1)C(=O)CO2. The molecule has 8 heteroatoms. The highest BCUT2D eigenvalue weighted by molar-refractivity contribution is 6.06. The first-order chi connectivity index (χ1) is 16.4. The molecule has 1 N–H and O–H groups in total. The third kappa shape index (κ3) is 5.23. The number of nitrogens with zero attached hydrogens (tertiary/aromatic N) is 1. The molecule has 0 radical (unpaired) electrons. The van der Waals surface area contributed by atoms with Crippen LogP contribution in [0.15, 0.2) is 66.7 Å². The number of benzene rings is 3. The summed E-state index contributed by atoms with van der Waals surface area (Å²) in [5.41, 5.74) is 2.05. The molecule has 0 aromatic heterocycles. The zero-order valence-electron chi connectivity index (χ0n) is 18.5. The molecule has 2 amide bonds. The number of aryl methyl sites for hydroxylation is 1. The number of anilines is 2. The maximum absolute atomic E-state index is 13.1. The molecule has 1 heterocycles. The zero-order valence-corrected chi connectivity index (χ0v) is 18.5. The number of fused-ring (bicyclic) bond motifs is 1. The van der Waals surface area contributed by atoms with Crippen molar-refractivity contribution in [1.82, 2.24) is 0 Å². The first-order valence-corrected chi connectivity index (χ1v) is 10.8. The van der Waals surface area contributed by atoms with Crippen molar-refractivity contribution in [2.24, 2.45) is 0 Å². The maximum atomic E-state index is 13.1. The number of hydrogen-bond donors (Lipinski definition) is 1. The summed E-state index contributed by atoms with van der Waals surface area (Å²) in [7, 11) is 0. The Labute approximate surface area is 196 Å². The minimum atomic E-state index is -0.468. The lowest BCUT2D eigenvalue weighted by atomic mass is 10.1. The second-order valence-corrected chi connectivity index (χ2v) is 7.68. The molecule has 0 unspecified atom stereocenters. The maximum Gasteiger partial charge on any atom is 0.265 e. The Hall–Kier alpha value is -4.20. The Bertz CT molecular complexity index is 1230. The second kappa shape index (κ2) is 10.2. The molecule has 0 saturated heterocycles. The molecule has 4 rings (SSSR count). The third-order valence-corrected chi connectivity index (χ3v) is 5.37. The van der Waals surface area contributed by atoms with E-state index >= 15 is 0 Å². The van der Waals surface area contributed by atoms with Crippen molar-refractivity contribution >= 4 is 29.0 Å². The molecule has 0 spiro atoms. The van der Waals surface area contributed by atoms with Crippen LogP contribution in [0.1, 0.15) is 22.8 Å². The van der Waals surface area contributed by atoms with Crippen LogP contribution in [-0.2, 0) is 16.0 Å². The summed E-state index contributed by atoms with van der Waals surface area (Å²) in [6, 6.07) is 17.5. The highest BCUT2D eigenvalue weighted by atomic mass is 19.1. The summed E-state index contributed by atoms with van der Waals surface area (Å²) < 4.78 is 24.3. The van der Waals surface area contributed by atoms with E-state index in [1.807, 2.05) is 31.2 Å². The molecule has 3 aromatic rings. The molecule has 1 aliphatic heterocycles. The van der Waals surface area contributed by atoms with E-state index in [9.17, 15) is 18.8 Å². The monoisotopic (exact) mass is 462 g/mol. The van der Waals surface area contributed by atoms with E-state index in [0.717, 1.165) is 12.0 Å². The number of carbonyl (C=O) groups is 3. The summed E-state index contributed by atoms with van der Waals surface area (Å²) in [5, 5.41) is 2.63. The van der Waals surface area contributed by atoms with Crippen molar-refractivity contribution in [3.05, 3.63) is 83.7 Å². The van der Waals surface area contributed by atoms with Crippen LogP contribution in [0, 0.1) is 5.82 Å². The Balaban J connectivity index is 1.48. The van der Waals surface area contributed by atoms with Crippen molar-refractivity contribution in [3.8, 4) is 11.5 Å². The molecule has 0 bridgehead atoms. The zero-order chi connectivity index (χ0) is 24.1. The predicted molar refractivity (Wildman–Crippen MR) is 125 cm³/mol. The van der Waals surface area contributed by atoms with Crippen LogP contribution in [0.2, 0.25) is 0 Å². The first kappa shape index (κ1) is 23.0. The van der Waals surface area contributed by atoms with Crippen molar-refractivity contribution < 1.29 is 28.2 Å². The van der Waals surface area contributed by atoms with Gasteiger partial charge in [-0.25, -0.2) is 4.39 Å². The minimum absolute atomic E-state index is 0.171. The van der Waals surface area contributed by atoms with Gasteiger partial charge < -0.3 is 14.8 Å². The number of hydrogen-bond acceptors (Lipinski definition) is 5. The standard InChI is InChI=1S/C26H23FN2O5/c1-2-17-5-3-4-6-23(17)33-15-22(30)18-7-12-24-21(13-18)29(26(32)16-34-24)14-25(31)28-20-10-8-19(27)9-11-20/h3-13H,2,14-16H2,1H3,(H,28,31). The lowest BCUT2D eigenvalue weighted by Crippen LogP contribution is -2.43. The summed E-state index contributed by atoms with van der Waals surface area (Å²) in [4.78, 5) is 39.1. The van der Waals surface area contributed by atoms with Crippen LogP contribution in [0.4, 0.5) is 15.8 Å². The van der Waals surface area contributed by atoms with Crippen molar-refractivity contribution in [2.45, 2.75) is 13.3 Å². The Morgan fingerprint density at radius 2 is 1.85 bits per heavy atom. The van der Waals surface area contributed by atoms with Crippen LogP contribution >= 0.6 is 0 Å². The van der Waals surface area contributed by atoms with E-state index in [-0.39, 0.29) is 25.5 Å². The summed E-state index contributed by atoms with van der Waals surface area (Å²) >= 11 is 0. The molecule has 34 heavy (non-hydrogen) atoms. The first-order valence-electron chi connectivity index (χ1n) is 10.8. The normalized spacial score (nSPS) is 12.5. The Morgan fingerprint density at radius 3 is 2.62 bits per heavy atom. The van der Waals surface area contributed by atoms with Gasteiger partial charge in [0, 0.05) is 11.3 Å². The fourth-order valence-electron chi connectivity index (χ4n) is 3.59. The molecule has 3 aromatic carbocycles. The highest BCUT2D eigenvalue weighted by Gasteiger charge is 2.28. The molecule has 1 aliphatic rings. The molecular weight excluding hydrogens is 439 g/mol. The van der Waals surface area contributed by atoms with Gasteiger partial charge in [0.05, 0.1) is 5.69 Å². The van der Waals surface area contributed by atoms with E-state index in [0.29, 0.717) is 28.4 Å². The van der Waals surface area contributed by atoms with Gasteiger partial charge in [-0.05, 0) is 60.5 Å². The van der Waals surface area contributed by atoms with Gasteiger partial charge in [-0.3, -0.25) is 19.3 Å². The molecule has 0 atom stereocenters. The third-order valence-electron chi connectivity index (χ3n) is 5.37. The van der Waals surface area contributed by atoms with Gasteiger partial charge in [-0.2, -0.15) is 0 Å². The van der Waals surface area contributed by atoms with E-state index < -0.39 is 17.6 Å². The molecule has 174 valence electrons. The van der Waals surface area contributed by atoms with Crippen LogP contribution in [-0.4, -0.2) is 37.4 Å². The second-order valence-electron chi connectivity index (χ2n) is 7.68. The van der Waals surface area contributed by atoms with Crippen LogP contribution in [0.25, 0.3) is 0 Å². The molecule has 0 fully saturated rings. The van der Waals surface area contributed by atoms with Gasteiger partial charge in [0.1, 0.15) is 23.9 Å². The average Bonchev–Trinajstić information content (AvgIpc) is 2.85. The van der Waals surface area contributed by atoms with Crippen molar-refractivity contribution in [1.29, 1.82) is 0 Å². The highest BCUT2D eigenvalue weighted by Crippen LogP contribution is 2.33. The lowest BCUT2D eigenvalue weighted by molar-refractivity contribution is -0.123. The van der Waals surface area contributed by atoms with E-state index in [1.165, 1.54) is 35.2 Å². The molecule has 0 aliphatic carbocycles. The fraction of sp³-hybridized carbons (Fsp3) is 0.192. The number of ketones is 1. The fourth-order valence-corrected chi connectivity index (χ4v) is 3.59. The van der Waals surface area contributed by atoms with Crippen LogP contribution < -0.4 is 19.7 Å². The van der Waals surface area contributed by atoms with E-state index in [4.69, 9.17) is 9.47 Å². The number of nitrogens with one attached hydrogen (secondary N) is 1. The number of amides is 2. The van der Waals surface area contributed by atoms with Crippen LogP contribution in [0.5, 0.6) is 11.5 Å².